The summed E-state index contributed by atoms with van der Waals surface area (Å²) in [6.07, 6.45) is 1.45. The Morgan fingerprint density at radius 3 is 2.73 bits per heavy atom. The molecule has 0 spiro atoms. The fourth-order valence-electron chi connectivity index (χ4n) is 2.68. The maximum Gasteiger partial charge on any atom is 0.309 e. The zero-order chi connectivity index (χ0) is 18.5. The first-order chi connectivity index (χ1) is 12.5. The molecule has 1 unspecified atom stereocenters. The number of carbonyl (C=O) groups is 2. The highest BCUT2D eigenvalue weighted by Crippen LogP contribution is 2.32. The fraction of sp³-hybridized carbons (Fsp3) is 0.333. The lowest BCUT2D eigenvalue weighted by Crippen LogP contribution is -2.40. The molecule has 2 amide bonds. The fourth-order valence-corrected chi connectivity index (χ4v) is 2.68. The Hall–Kier alpha value is -3.00. The predicted molar refractivity (Wildman–Crippen MR) is 92.4 cm³/mol. The van der Waals surface area contributed by atoms with Crippen LogP contribution in [0.1, 0.15) is 23.8 Å². The van der Waals surface area contributed by atoms with Crippen molar-refractivity contribution >= 4 is 11.8 Å². The molecular weight excluding hydrogens is 338 g/mol. The molecule has 1 aliphatic rings. The minimum absolute atomic E-state index is 0.183. The van der Waals surface area contributed by atoms with Gasteiger partial charge in [0.05, 0.1) is 6.10 Å². The van der Waals surface area contributed by atoms with E-state index in [2.05, 4.69) is 10.6 Å². The lowest BCUT2D eigenvalue weighted by Gasteiger charge is -2.12. The van der Waals surface area contributed by atoms with Gasteiger partial charge in [-0.2, -0.15) is 0 Å². The zero-order valence-electron chi connectivity index (χ0n) is 14.4. The average molecular weight is 359 g/mol. The van der Waals surface area contributed by atoms with Gasteiger partial charge in [0.1, 0.15) is 0 Å². The number of benzene rings is 1. The van der Waals surface area contributed by atoms with E-state index in [0.717, 1.165) is 11.3 Å². The second-order valence-corrected chi connectivity index (χ2v) is 5.97. The molecule has 2 aromatic rings. The topological polar surface area (TPSA) is 102 Å². The quantitative estimate of drug-likeness (QED) is 0.656. The predicted octanol–water partition coefficient (Wildman–Crippen LogP) is 0.610. The monoisotopic (exact) mass is 359 g/mol. The number of aliphatic hydroxyl groups is 1. The number of rotatable bonds is 6. The zero-order valence-corrected chi connectivity index (χ0v) is 14.4. The first-order valence-corrected chi connectivity index (χ1v) is 8.28. The van der Waals surface area contributed by atoms with Gasteiger partial charge >= 0.3 is 11.8 Å². The van der Waals surface area contributed by atoms with E-state index in [1.807, 2.05) is 29.9 Å². The first kappa shape index (κ1) is 17.8. The van der Waals surface area contributed by atoms with Gasteiger partial charge in [-0.25, -0.2) is 0 Å². The molecule has 1 aliphatic heterocycles. The number of aromatic nitrogens is 1. The van der Waals surface area contributed by atoms with E-state index in [1.54, 1.807) is 18.2 Å². The SMILES string of the molecule is Cn1cccc1C(O)CCNC(=O)C(=O)NCc1ccc2c(c1)OCO2. The molecule has 0 radical (unpaired) electrons. The van der Waals surface area contributed by atoms with Gasteiger partial charge in [0.15, 0.2) is 11.5 Å². The van der Waals surface area contributed by atoms with Gasteiger partial charge in [-0.1, -0.05) is 6.07 Å². The van der Waals surface area contributed by atoms with Crippen molar-refractivity contribution in [3.05, 3.63) is 47.8 Å². The van der Waals surface area contributed by atoms with Crippen LogP contribution in [-0.2, 0) is 23.2 Å². The summed E-state index contributed by atoms with van der Waals surface area (Å²) in [5.74, 6) is -0.175. The van der Waals surface area contributed by atoms with Crippen molar-refractivity contribution < 1.29 is 24.2 Å². The molecule has 0 bridgehead atoms. The van der Waals surface area contributed by atoms with Gasteiger partial charge in [0, 0.05) is 32.0 Å². The van der Waals surface area contributed by atoms with E-state index in [-0.39, 0.29) is 19.9 Å². The van der Waals surface area contributed by atoms with Crippen LogP contribution in [0.5, 0.6) is 11.5 Å². The minimum atomic E-state index is -0.732. The highest BCUT2D eigenvalue weighted by atomic mass is 16.7. The van der Waals surface area contributed by atoms with Gasteiger partial charge < -0.3 is 29.8 Å². The molecular formula is C18H21N3O5. The van der Waals surface area contributed by atoms with E-state index in [0.29, 0.717) is 17.9 Å². The second kappa shape index (κ2) is 7.92. The molecule has 0 fully saturated rings. The summed E-state index contributed by atoms with van der Waals surface area (Å²) in [6, 6.07) is 8.96. The number of fused-ring (bicyclic) bond motifs is 1. The van der Waals surface area contributed by atoms with Crippen LogP contribution >= 0.6 is 0 Å². The Balaban J connectivity index is 1.40. The molecule has 1 atom stereocenters. The van der Waals surface area contributed by atoms with Crippen molar-refractivity contribution in [2.24, 2.45) is 7.05 Å². The number of hydrogen-bond donors (Lipinski definition) is 3. The number of hydrogen-bond acceptors (Lipinski definition) is 5. The Kier molecular flexibility index (Phi) is 5.43. The van der Waals surface area contributed by atoms with Gasteiger partial charge in [0.2, 0.25) is 6.79 Å². The highest BCUT2D eigenvalue weighted by molar-refractivity contribution is 6.35. The largest absolute Gasteiger partial charge is 0.454 e. The average Bonchev–Trinajstić information content (AvgIpc) is 3.27. The van der Waals surface area contributed by atoms with Gasteiger partial charge in [-0.15, -0.1) is 0 Å². The molecule has 2 heterocycles. The lowest BCUT2D eigenvalue weighted by atomic mass is 10.2. The molecule has 0 saturated carbocycles. The van der Waals surface area contributed by atoms with Crippen LogP contribution in [0.15, 0.2) is 36.5 Å². The number of aliphatic hydroxyl groups excluding tert-OH is 1. The Morgan fingerprint density at radius 2 is 1.96 bits per heavy atom. The summed E-state index contributed by atoms with van der Waals surface area (Å²) in [7, 11) is 1.83. The van der Waals surface area contributed by atoms with Crippen LogP contribution in [0.3, 0.4) is 0 Å². The first-order valence-electron chi connectivity index (χ1n) is 8.28. The van der Waals surface area contributed by atoms with E-state index in [1.165, 1.54) is 0 Å². The second-order valence-electron chi connectivity index (χ2n) is 5.97. The normalized spacial score (nSPS) is 13.3. The molecule has 3 rings (SSSR count). The summed E-state index contributed by atoms with van der Waals surface area (Å²) in [4.78, 5) is 23.7. The molecule has 138 valence electrons. The van der Waals surface area contributed by atoms with Crippen LogP contribution < -0.4 is 20.1 Å². The van der Waals surface area contributed by atoms with Crippen molar-refractivity contribution in [1.82, 2.24) is 15.2 Å². The number of amides is 2. The van der Waals surface area contributed by atoms with E-state index < -0.39 is 17.9 Å². The van der Waals surface area contributed by atoms with E-state index in [9.17, 15) is 14.7 Å². The number of nitrogens with one attached hydrogen (secondary N) is 2. The summed E-state index contributed by atoms with van der Waals surface area (Å²) >= 11 is 0. The standard InChI is InChI=1S/C18H21N3O5/c1-21-8-2-3-13(21)14(22)6-7-19-17(23)18(24)20-10-12-4-5-15-16(9-12)26-11-25-15/h2-5,8-9,14,22H,6-7,10-11H2,1H3,(H,19,23)(H,20,24). The van der Waals surface area contributed by atoms with Crippen LogP contribution in [0.4, 0.5) is 0 Å². The summed E-state index contributed by atoms with van der Waals surface area (Å²) in [5.41, 5.74) is 1.56. The summed E-state index contributed by atoms with van der Waals surface area (Å²) in [5, 5.41) is 15.1. The lowest BCUT2D eigenvalue weighted by molar-refractivity contribution is -0.139. The molecule has 3 N–H and O–H groups in total. The third kappa shape index (κ3) is 4.15. The molecule has 8 heteroatoms. The molecule has 1 aromatic carbocycles. The summed E-state index contributed by atoms with van der Waals surface area (Å²) < 4.78 is 12.3. The van der Waals surface area contributed by atoms with Gasteiger partial charge in [-0.05, 0) is 36.2 Å². The Labute approximate surface area is 150 Å². The van der Waals surface area contributed by atoms with Crippen molar-refractivity contribution in [1.29, 1.82) is 0 Å². The number of carbonyl (C=O) groups excluding carboxylic acids is 2. The summed E-state index contributed by atoms with van der Waals surface area (Å²) in [6.45, 7) is 0.583. The molecule has 8 nitrogen and oxygen atoms in total. The molecule has 0 saturated heterocycles. The van der Waals surface area contributed by atoms with Gasteiger partial charge in [0.25, 0.3) is 0 Å². The smallest absolute Gasteiger partial charge is 0.309 e. The maximum atomic E-state index is 11.9. The van der Waals surface area contributed by atoms with E-state index in [4.69, 9.17) is 9.47 Å². The van der Waals surface area contributed by atoms with Crippen LogP contribution in [0.2, 0.25) is 0 Å². The minimum Gasteiger partial charge on any atom is -0.454 e. The third-order valence-corrected chi connectivity index (χ3v) is 4.12. The van der Waals surface area contributed by atoms with E-state index >= 15 is 0 Å². The van der Waals surface area contributed by atoms with Crippen LogP contribution in [0, 0.1) is 0 Å². The number of nitrogens with zero attached hydrogens (tertiary/aromatic N) is 1. The molecule has 1 aromatic heterocycles. The Bertz CT molecular complexity index is 802. The highest BCUT2D eigenvalue weighted by Gasteiger charge is 2.16. The Morgan fingerprint density at radius 1 is 1.19 bits per heavy atom. The van der Waals surface area contributed by atoms with Crippen molar-refractivity contribution in [3.8, 4) is 11.5 Å². The molecule has 26 heavy (non-hydrogen) atoms. The van der Waals surface area contributed by atoms with Crippen LogP contribution in [-0.4, -0.2) is 34.8 Å². The molecule has 0 aliphatic carbocycles. The number of aryl methyl sites for hydroxylation is 1. The van der Waals surface area contributed by atoms with Crippen LogP contribution in [0.25, 0.3) is 0 Å². The maximum absolute atomic E-state index is 11.9. The van der Waals surface area contributed by atoms with Crippen molar-refractivity contribution in [3.63, 3.8) is 0 Å². The van der Waals surface area contributed by atoms with Gasteiger partial charge in [-0.3, -0.25) is 9.59 Å². The number of ether oxygens (including phenoxy) is 2. The van der Waals surface area contributed by atoms with Crippen molar-refractivity contribution in [2.75, 3.05) is 13.3 Å². The van der Waals surface area contributed by atoms with Crippen molar-refractivity contribution in [2.45, 2.75) is 19.1 Å². The third-order valence-electron chi connectivity index (χ3n) is 4.12.